The van der Waals surface area contributed by atoms with Crippen molar-refractivity contribution in [3.05, 3.63) is 72.1 Å². The van der Waals surface area contributed by atoms with E-state index < -0.39 is 0 Å². The Labute approximate surface area is 168 Å². The van der Waals surface area contributed by atoms with E-state index >= 15 is 0 Å². The van der Waals surface area contributed by atoms with Crippen molar-refractivity contribution in [2.24, 2.45) is 5.92 Å². The molecule has 3 heterocycles. The zero-order valence-corrected chi connectivity index (χ0v) is 17.2. The average molecular weight is 378 g/mol. The Hall–Kier alpha value is -2.75. The maximum atomic E-state index is 6.49. The van der Waals surface area contributed by atoms with E-state index in [-0.39, 0.29) is 0 Å². The fourth-order valence-electron chi connectivity index (χ4n) is 3.56. The number of fused-ring (bicyclic) bond motifs is 1. The Morgan fingerprint density at radius 2 is 2.32 bits per heavy atom. The lowest BCUT2D eigenvalue weighted by Gasteiger charge is -2.34. The molecule has 0 amide bonds. The minimum Gasteiger partial charge on any atom is -0.441 e. The standard InChI is InChI=1S/C24H31N3O/c1-5-7-11-21(15-20-16-26-23-22(20)12-8-13-25-23)28-24(19(4)6-2)27-14-9-10-18(3)17-27/h6-8,11-13,15-16,18H,2,5,9-10,14,17H2,1,3-4H3,(H,25,26)/b11-7+,21-15-,24-19+. The van der Waals surface area contributed by atoms with Gasteiger partial charge in [0.05, 0.1) is 0 Å². The third kappa shape index (κ3) is 4.75. The Bertz CT molecular complexity index is 903. The third-order valence-corrected chi connectivity index (χ3v) is 5.10. The van der Waals surface area contributed by atoms with Crippen molar-refractivity contribution < 1.29 is 4.74 Å². The highest BCUT2D eigenvalue weighted by molar-refractivity contribution is 5.86. The molecule has 0 bridgehead atoms. The quantitative estimate of drug-likeness (QED) is 0.473. The summed E-state index contributed by atoms with van der Waals surface area (Å²) in [6.45, 7) is 12.5. The minimum atomic E-state index is 0.670. The zero-order chi connectivity index (χ0) is 19.9. The van der Waals surface area contributed by atoms with Gasteiger partial charge in [0.15, 0.2) is 5.88 Å². The number of aromatic amines is 1. The molecule has 1 saturated heterocycles. The van der Waals surface area contributed by atoms with Gasteiger partial charge >= 0.3 is 0 Å². The highest BCUT2D eigenvalue weighted by Crippen LogP contribution is 2.27. The van der Waals surface area contributed by atoms with Gasteiger partial charge in [-0.25, -0.2) is 4.98 Å². The average Bonchev–Trinajstić information content (AvgIpc) is 3.12. The summed E-state index contributed by atoms with van der Waals surface area (Å²) in [5.74, 6) is 2.40. The first-order chi connectivity index (χ1) is 13.6. The normalized spacial score (nSPS) is 19.2. The number of likely N-dealkylation sites (tertiary alicyclic amines) is 1. The van der Waals surface area contributed by atoms with Gasteiger partial charge in [-0.15, -0.1) is 0 Å². The van der Waals surface area contributed by atoms with Gasteiger partial charge in [-0.2, -0.15) is 0 Å². The number of allylic oxidation sites excluding steroid dienone is 4. The first-order valence-electron chi connectivity index (χ1n) is 10.2. The predicted molar refractivity (Wildman–Crippen MR) is 117 cm³/mol. The van der Waals surface area contributed by atoms with Crippen LogP contribution < -0.4 is 0 Å². The van der Waals surface area contributed by atoms with Crippen LogP contribution in [-0.4, -0.2) is 28.0 Å². The molecule has 0 saturated carbocycles. The molecule has 1 fully saturated rings. The van der Waals surface area contributed by atoms with Crippen LogP contribution in [-0.2, 0) is 4.74 Å². The van der Waals surface area contributed by atoms with Gasteiger partial charge in [0.2, 0.25) is 0 Å². The van der Waals surface area contributed by atoms with Crippen LogP contribution in [0.2, 0.25) is 0 Å². The van der Waals surface area contributed by atoms with E-state index in [1.165, 1.54) is 12.8 Å². The maximum Gasteiger partial charge on any atom is 0.198 e. The van der Waals surface area contributed by atoms with Crippen molar-refractivity contribution in [2.75, 3.05) is 13.1 Å². The number of nitrogens with one attached hydrogen (secondary N) is 1. The van der Waals surface area contributed by atoms with Crippen LogP contribution in [0.3, 0.4) is 0 Å². The minimum absolute atomic E-state index is 0.670. The number of ether oxygens (including phenoxy) is 1. The Morgan fingerprint density at radius 1 is 1.46 bits per heavy atom. The highest BCUT2D eigenvalue weighted by Gasteiger charge is 2.21. The van der Waals surface area contributed by atoms with Crippen molar-refractivity contribution in [3.8, 4) is 0 Å². The summed E-state index contributed by atoms with van der Waals surface area (Å²) in [5, 5.41) is 1.09. The fourth-order valence-corrected chi connectivity index (χ4v) is 3.56. The first-order valence-corrected chi connectivity index (χ1v) is 10.2. The van der Waals surface area contributed by atoms with E-state index in [4.69, 9.17) is 4.74 Å². The van der Waals surface area contributed by atoms with Gasteiger partial charge in [0, 0.05) is 42.0 Å². The molecule has 28 heavy (non-hydrogen) atoms. The van der Waals surface area contributed by atoms with Gasteiger partial charge < -0.3 is 14.6 Å². The molecule has 0 aliphatic carbocycles. The second-order valence-electron chi connectivity index (χ2n) is 7.49. The van der Waals surface area contributed by atoms with Crippen molar-refractivity contribution in [2.45, 2.75) is 40.0 Å². The summed E-state index contributed by atoms with van der Waals surface area (Å²) in [6, 6.07) is 4.03. The molecular weight excluding hydrogens is 346 g/mol. The van der Waals surface area contributed by atoms with Gasteiger partial charge in [0.1, 0.15) is 11.4 Å². The van der Waals surface area contributed by atoms with Gasteiger partial charge in [-0.1, -0.05) is 32.6 Å². The zero-order valence-electron chi connectivity index (χ0n) is 17.2. The van der Waals surface area contributed by atoms with Crippen LogP contribution >= 0.6 is 0 Å². The lowest BCUT2D eigenvalue weighted by Crippen LogP contribution is -2.35. The maximum absolute atomic E-state index is 6.49. The molecule has 148 valence electrons. The molecule has 4 heteroatoms. The largest absolute Gasteiger partial charge is 0.441 e. The lowest BCUT2D eigenvalue weighted by atomic mass is 10.0. The molecule has 2 aromatic heterocycles. The van der Waals surface area contributed by atoms with Crippen molar-refractivity contribution >= 4 is 17.1 Å². The monoisotopic (exact) mass is 377 g/mol. The van der Waals surface area contributed by atoms with Gasteiger partial charge in [0.25, 0.3) is 0 Å². The molecule has 1 aliphatic heterocycles. The van der Waals surface area contributed by atoms with Crippen LogP contribution in [0.1, 0.15) is 45.6 Å². The summed E-state index contributed by atoms with van der Waals surface area (Å²) < 4.78 is 6.49. The highest BCUT2D eigenvalue weighted by atomic mass is 16.5. The second kappa shape index (κ2) is 9.45. The molecule has 4 nitrogen and oxygen atoms in total. The number of pyridine rings is 1. The van der Waals surface area contributed by atoms with E-state index in [0.29, 0.717) is 5.92 Å². The number of nitrogens with zero attached hydrogens (tertiary/aromatic N) is 2. The van der Waals surface area contributed by atoms with Crippen LogP contribution in [0.5, 0.6) is 0 Å². The second-order valence-corrected chi connectivity index (χ2v) is 7.49. The SMILES string of the molecule is C=C/C(C)=C(/OC(=C\c1c[nH]c2ncccc12)/C=C/CC)N1CCCC(C)C1. The number of rotatable bonds is 7. The van der Waals surface area contributed by atoms with Crippen LogP contribution in [0.15, 0.2) is 66.5 Å². The third-order valence-electron chi connectivity index (χ3n) is 5.10. The fraction of sp³-hybridized carbons (Fsp3) is 0.375. The van der Waals surface area contributed by atoms with E-state index in [1.807, 2.05) is 18.3 Å². The lowest BCUT2D eigenvalue weighted by molar-refractivity contribution is 0.124. The molecule has 1 N–H and O–H groups in total. The first kappa shape index (κ1) is 20.0. The molecule has 0 spiro atoms. The Balaban J connectivity index is 1.96. The van der Waals surface area contributed by atoms with Crippen molar-refractivity contribution in [3.63, 3.8) is 0 Å². The molecule has 1 atom stereocenters. The topological polar surface area (TPSA) is 41.1 Å². The van der Waals surface area contributed by atoms with Crippen molar-refractivity contribution in [1.82, 2.24) is 14.9 Å². The summed E-state index contributed by atoms with van der Waals surface area (Å²) in [6.07, 6.45) is 15.3. The molecular formula is C24H31N3O. The van der Waals surface area contributed by atoms with Gasteiger partial charge in [-0.05, 0) is 56.4 Å². The number of hydrogen-bond donors (Lipinski definition) is 1. The van der Waals surface area contributed by atoms with E-state index in [1.54, 1.807) is 6.20 Å². The number of hydrogen-bond acceptors (Lipinski definition) is 3. The van der Waals surface area contributed by atoms with Crippen molar-refractivity contribution in [1.29, 1.82) is 0 Å². The summed E-state index contributed by atoms with van der Waals surface area (Å²) in [5.41, 5.74) is 3.02. The molecule has 0 radical (unpaired) electrons. The molecule has 3 rings (SSSR count). The molecule has 1 unspecified atom stereocenters. The Morgan fingerprint density at radius 3 is 3.07 bits per heavy atom. The predicted octanol–water partition coefficient (Wildman–Crippen LogP) is 6.04. The molecule has 1 aliphatic rings. The van der Waals surface area contributed by atoms with Crippen LogP contribution in [0, 0.1) is 5.92 Å². The molecule has 0 aromatic carbocycles. The number of piperidine rings is 1. The van der Waals surface area contributed by atoms with Gasteiger partial charge in [-0.3, -0.25) is 0 Å². The van der Waals surface area contributed by atoms with E-state index in [2.05, 4.69) is 66.5 Å². The smallest absolute Gasteiger partial charge is 0.198 e. The summed E-state index contributed by atoms with van der Waals surface area (Å²) in [4.78, 5) is 9.97. The van der Waals surface area contributed by atoms with E-state index in [9.17, 15) is 0 Å². The molecule has 2 aromatic rings. The van der Waals surface area contributed by atoms with E-state index in [0.717, 1.165) is 53.3 Å². The summed E-state index contributed by atoms with van der Waals surface area (Å²) >= 11 is 0. The summed E-state index contributed by atoms with van der Waals surface area (Å²) in [7, 11) is 0. The van der Waals surface area contributed by atoms with Crippen LogP contribution in [0.25, 0.3) is 17.1 Å². The number of aromatic nitrogens is 2. The van der Waals surface area contributed by atoms with Crippen LogP contribution in [0.4, 0.5) is 0 Å². The number of H-pyrrole nitrogens is 1. The Kier molecular flexibility index (Phi) is 6.75.